The summed E-state index contributed by atoms with van der Waals surface area (Å²) in [6, 6.07) is 0. The maximum Gasteiger partial charge on any atom is 0.306 e. The number of thiol groups is 2. The maximum absolute atomic E-state index is 11.8. The van der Waals surface area contributed by atoms with E-state index in [2.05, 4.69) is 83.3 Å². The molecule has 0 saturated carbocycles. The van der Waals surface area contributed by atoms with Crippen LogP contribution in [-0.4, -0.2) is 23.6 Å². The van der Waals surface area contributed by atoms with Gasteiger partial charge in [0.1, 0.15) is 6.61 Å². The molecule has 0 aromatic heterocycles. The van der Waals surface area contributed by atoms with Crippen LogP contribution in [0, 0.1) is 5.41 Å². The molecule has 1 rings (SSSR count). The maximum atomic E-state index is 11.8. The standard InChI is InChI=1S/C28H44O2S2/c1-22(15-16-26-24(3)12-9-19-28(26,4)5)10-8-11-23(2)17-20-30-27(29)14-7-6-13-25(32)18-21-31/h8,10-11,15-17,25,31-32H,6-7,9,12-14,18-21H2,1-5H3. The van der Waals surface area contributed by atoms with Gasteiger partial charge in [0.2, 0.25) is 0 Å². The average Bonchev–Trinajstić information content (AvgIpc) is 2.70. The Labute approximate surface area is 208 Å². The normalized spacial score (nSPS) is 18.6. The third-order valence-electron chi connectivity index (χ3n) is 6.05. The quantitative estimate of drug-likeness (QED) is 0.121. The van der Waals surface area contributed by atoms with Crippen LogP contribution in [0.1, 0.15) is 86.0 Å². The Kier molecular flexibility index (Phi) is 14.1. The predicted octanol–water partition coefficient (Wildman–Crippen LogP) is 8.24. The molecule has 0 spiro atoms. The molecular formula is C28H44O2S2. The molecular weight excluding hydrogens is 432 g/mol. The summed E-state index contributed by atoms with van der Waals surface area (Å²) in [4.78, 5) is 11.8. The van der Waals surface area contributed by atoms with Crippen molar-refractivity contribution in [3.8, 4) is 0 Å². The van der Waals surface area contributed by atoms with Gasteiger partial charge in [-0.2, -0.15) is 25.3 Å². The first-order chi connectivity index (χ1) is 15.2. The van der Waals surface area contributed by atoms with Gasteiger partial charge in [-0.15, -0.1) is 0 Å². The molecule has 0 aromatic rings. The second kappa shape index (κ2) is 15.7. The Bertz CT molecular complexity index is 739. The lowest BCUT2D eigenvalue weighted by Gasteiger charge is -2.32. The van der Waals surface area contributed by atoms with Crippen molar-refractivity contribution in [2.24, 2.45) is 5.41 Å². The molecule has 0 aliphatic heterocycles. The van der Waals surface area contributed by atoms with Crippen molar-refractivity contribution in [1.82, 2.24) is 0 Å². The third-order valence-corrected chi connectivity index (χ3v) is 6.83. The molecule has 0 saturated heterocycles. The van der Waals surface area contributed by atoms with Gasteiger partial charge in [-0.1, -0.05) is 67.4 Å². The minimum absolute atomic E-state index is 0.126. The smallest absolute Gasteiger partial charge is 0.306 e. The fourth-order valence-electron chi connectivity index (χ4n) is 3.98. The number of carbonyl (C=O) groups is 1. The summed E-state index contributed by atoms with van der Waals surface area (Å²) in [5, 5.41) is 0.384. The van der Waals surface area contributed by atoms with Crippen LogP contribution >= 0.6 is 25.3 Å². The minimum Gasteiger partial charge on any atom is -0.461 e. The molecule has 32 heavy (non-hydrogen) atoms. The van der Waals surface area contributed by atoms with Crippen molar-refractivity contribution in [1.29, 1.82) is 0 Å². The molecule has 4 heteroatoms. The zero-order chi connectivity index (χ0) is 24.0. The molecule has 0 aromatic carbocycles. The summed E-state index contributed by atoms with van der Waals surface area (Å²) >= 11 is 8.73. The summed E-state index contributed by atoms with van der Waals surface area (Å²) in [7, 11) is 0. The predicted molar refractivity (Wildman–Crippen MR) is 147 cm³/mol. The third kappa shape index (κ3) is 12.2. The van der Waals surface area contributed by atoms with E-state index in [1.807, 2.05) is 13.0 Å². The summed E-state index contributed by atoms with van der Waals surface area (Å²) in [5.41, 5.74) is 5.59. The number of carbonyl (C=O) groups excluding carboxylic acids is 1. The van der Waals surface area contributed by atoms with E-state index in [9.17, 15) is 4.79 Å². The SMILES string of the molecule is CC(C=CC1=C(C)CCCC1(C)C)=CC=CC(C)=CCOC(=O)CCCCC(S)CCS. The lowest BCUT2D eigenvalue weighted by Crippen LogP contribution is -2.19. The van der Waals surface area contributed by atoms with Gasteiger partial charge < -0.3 is 4.74 Å². The number of unbranched alkanes of at least 4 members (excludes halogenated alkanes) is 1. The Morgan fingerprint density at radius 2 is 1.91 bits per heavy atom. The highest BCUT2D eigenvalue weighted by atomic mass is 32.1. The summed E-state index contributed by atoms with van der Waals surface area (Å²) in [6.45, 7) is 11.4. The molecule has 0 fully saturated rings. The first-order valence-electron chi connectivity index (χ1n) is 12.0. The Morgan fingerprint density at radius 3 is 2.59 bits per heavy atom. The number of ether oxygens (including phenoxy) is 1. The van der Waals surface area contributed by atoms with E-state index in [-0.39, 0.29) is 11.4 Å². The van der Waals surface area contributed by atoms with Crippen LogP contribution in [0.5, 0.6) is 0 Å². The summed E-state index contributed by atoms with van der Waals surface area (Å²) in [5.74, 6) is 0.734. The van der Waals surface area contributed by atoms with Crippen LogP contribution in [0.2, 0.25) is 0 Å². The molecule has 2 nitrogen and oxygen atoms in total. The van der Waals surface area contributed by atoms with E-state index >= 15 is 0 Å². The van der Waals surface area contributed by atoms with E-state index in [1.54, 1.807) is 0 Å². The highest BCUT2D eigenvalue weighted by Crippen LogP contribution is 2.40. The molecule has 0 amide bonds. The summed E-state index contributed by atoms with van der Waals surface area (Å²) < 4.78 is 5.32. The zero-order valence-electron chi connectivity index (χ0n) is 20.8. The number of allylic oxidation sites excluding steroid dienone is 9. The van der Waals surface area contributed by atoms with Crippen molar-refractivity contribution >= 4 is 31.2 Å². The Morgan fingerprint density at radius 1 is 1.16 bits per heavy atom. The molecule has 180 valence electrons. The highest BCUT2D eigenvalue weighted by Gasteiger charge is 2.26. The van der Waals surface area contributed by atoms with Gasteiger partial charge in [-0.3, -0.25) is 4.79 Å². The van der Waals surface area contributed by atoms with Crippen LogP contribution in [-0.2, 0) is 9.53 Å². The van der Waals surface area contributed by atoms with Gasteiger partial charge in [0, 0.05) is 11.7 Å². The lowest BCUT2D eigenvalue weighted by molar-refractivity contribution is -0.142. The van der Waals surface area contributed by atoms with Crippen molar-refractivity contribution in [3.05, 3.63) is 58.7 Å². The fourth-order valence-corrected chi connectivity index (χ4v) is 4.81. The number of hydrogen-bond donors (Lipinski definition) is 2. The highest BCUT2D eigenvalue weighted by molar-refractivity contribution is 7.81. The molecule has 0 radical (unpaired) electrons. The van der Waals surface area contributed by atoms with E-state index in [4.69, 9.17) is 4.74 Å². The minimum atomic E-state index is -0.126. The monoisotopic (exact) mass is 476 g/mol. The number of esters is 1. The van der Waals surface area contributed by atoms with Gasteiger partial charge in [0.25, 0.3) is 0 Å². The second-order valence-corrected chi connectivity index (χ2v) is 10.8. The Balaban J connectivity index is 2.38. The lowest BCUT2D eigenvalue weighted by atomic mass is 9.72. The van der Waals surface area contributed by atoms with Gasteiger partial charge in [-0.05, 0) is 82.1 Å². The zero-order valence-corrected chi connectivity index (χ0v) is 22.6. The average molecular weight is 477 g/mol. The second-order valence-electron chi connectivity index (χ2n) is 9.58. The van der Waals surface area contributed by atoms with Crippen molar-refractivity contribution < 1.29 is 9.53 Å². The van der Waals surface area contributed by atoms with Gasteiger partial charge in [-0.25, -0.2) is 0 Å². The van der Waals surface area contributed by atoms with Gasteiger partial charge >= 0.3 is 5.97 Å². The number of rotatable bonds is 13. The van der Waals surface area contributed by atoms with Gasteiger partial charge in [0.15, 0.2) is 0 Å². The van der Waals surface area contributed by atoms with Crippen molar-refractivity contribution in [2.45, 2.75) is 91.2 Å². The first kappa shape index (κ1) is 28.9. The first-order valence-corrected chi connectivity index (χ1v) is 13.1. The van der Waals surface area contributed by atoms with Crippen molar-refractivity contribution in [2.75, 3.05) is 12.4 Å². The van der Waals surface area contributed by atoms with Crippen LogP contribution in [0.4, 0.5) is 0 Å². The molecule has 1 atom stereocenters. The van der Waals surface area contributed by atoms with Crippen LogP contribution in [0.3, 0.4) is 0 Å². The van der Waals surface area contributed by atoms with Crippen LogP contribution < -0.4 is 0 Å². The van der Waals surface area contributed by atoms with E-state index in [1.165, 1.54) is 36.0 Å². The number of hydrogen-bond acceptors (Lipinski definition) is 4. The van der Waals surface area contributed by atoms with Crippen LogP contribution in [0.15, 0.2) is 58.7 Å². The van der Waals surface area contributed by atoms with Crippen LogP contribution in [0.25, 0.3) is 0 Å². The van der Waals surface area contributed by atoms with E-state index in [0.29, 0.717) is 18.3 Å². The fraction of sp³-hybridized carbons (Fsp3) is 0.607. The van der Waals surface area contributed by atoms with Crippen molar-refractivity contribution in [3.63, 3.8) is 0 Å². The van der Waals surface area contributed by atoms with Gasteiger partial charge in [0.05, 0.1) is 0 Å². The molecule has 0 heterocycles. The van der Waals surface area contributed by atoms with E-state index < -0.39 is 0 Å². The van der Waals surface area contributed by atoms with E-state index in [0.717, 1.165) is 37.0 Å². The molecule has 0 bridgehead atoms. The molecule has 1 aliphatic rings. The molecule has 1 unspecified atom stereocenters. The largest absolute Gasteiger partial charge is 0.461 e. The molecule has 1 aliphatic carbocycles. The summed E-state index contributed by atoms with van der Waals surface area (Å²) in [6.07, 6.45) is 20.8. The Hall–Kier alpha value is -1.13. The topological polar surface area (TPSA) is 26.3 Å². The molecule has 0 N–H and O–H groups in total.